The number of nitrogens with one attached hydrogen (secondary N) is 2. The predicted molar refractivity (Wildman–Crippen MR) is 269 cm³/mol. The number of aliphatic hydroxyl groups is 1. The van der Waals surface area contributed by atoms with Crippen LogP contribution in [0.3, 0.4) is 0 Å². The Morgan fingerprint density at radius 3 is 2.20 bits per heavy atom. The summed E-state index contributed by atoms with van der Waals surface area (Å²) < 4.78 is 51.7. The number of benzene rings is 1. The Bertz CT molecular complexity index is 2290. The summed E-state index contributed by atoms with van der Waals surface area (Å²) >= 11 is 6.82. The maximum Gasteiger partial charge on any atom is 0.409 e. The zero-order valence-corrected chi connectivity index (χ0v) is 44.4. The first-order valence-corrected chi connectivity index (χ1v) is 25.7. The number of carbonyl (C=O) groups is 7. The predicted octanol–water partition coefficient (Wildman–Crippen LogP) is 2.79. The molecule has 5 heterocycles. The number of piperidine rings is 1. The van der Waals surface area contributed by atoms with E-state index in [1.165, 1.54) is 31.3 Å². The Morgan fingerprint density at radius 2 is 1.56 bits per heavy atom. The third-order valence-electron chi connectivity index (χ3n) is 14.0. The van der Waals surface area contributed by atoms with Gasteiger partial charge in [-0.2, -0.15) is 0 Å². The van der Waals surface area contributed by atoms with Gasteiger partial charge in [0.2, 0.25) is 17.7 Å². The number of esters is 1. The van der Waals surface area contributed by atoms with Crippen LogP contribution in [0, 0.1) is 11.8 Å². The lowest BCUT2D eigenvalue weighted by Gasteiger charge is -2.42. The topological polar surface area (TPSA) is 260 Å². The molecule has 6 rings (SSSR count). The molecule has 414 valence electrons. The Hall–Kier alpha value is -5.46. The van der Waals surface area contributed by atoms with E-state index in [1.54, 1.807) is 43.2 Å². The molecule has 0 aliphatic carbocycles. The number of likely N-dealkylation sites (tertiary alicyclic amines) is 1. The highest BCUT2D eigenvalue weighted by Gasteiger charge is 2.64. The molecule has 6 amide bonds. The van der Waals surface area contributed by atoms with E-state index in [9.17, 15) is 38.7 Å². The molecule has 5 aliphatic rings. The van der Waals surface area contributed by atoms with Gasteiger partial charge < -0.3 is 62.9 Å². The van der Waals surface area contributed by atoms with Gasteiger partial charge in [0, 0.05) is 71.2 Å². The van der Waals surface area contributed by atoms with Gasteiger partial charge in [-0.25, -0.2) is 4.79 Å². The van der Waals surface area contributed by atoms with Crippen molar-refractivity contribution in [3.63, 3.8) is 0 Å². The highest BCUT2D eigenvalue weighted by Crippen LogP contribution is 2.49. The number of allylic oxidation sites excluding steroid dienone is 3. The number of rotatable bonds is 22. The molecule has 1 aromatic carbocycles. The van der Waals surface area contributed by atoms with Gasteiger partial charge in [-0.05, 0) is 50.8 Å². The highest BCUT2D eigenvalue weighted by atomic mass is 35.5. The van der Waals surface area contributed by atoms with Crippen molar-refractivity contribution < 1.29 is 81.3 Å². The van der Waals surface area contributed by atoms with E-state index < -0.39 is 77.4 Å². The number of ether oxygens (including phenoxy) is 9. The van der Waals surface area contributed by atoms with Crippen molar-refractivity contribution in [2.75, 3.05) is 105 Å². The van der Waals surface area contributed by atoms with Crippen LogP contribution in [0.5, 0.6) is 5.75 Å². The number of epoxide rings is 1. The van der Waals surface area contributed by atoms with E-state index in [0.29, 0.717) is 76.8 Å². The van der Waals surface area contributed by atoms with Gasteiger partial charge in [-0.1, -0.05) is 42.3 Å². The first-order chi connectivity index (χ1) is 35.9. The summed E-state index contributed by atoms with van der Waals surface area (Å²) in [4.78, 5) is 93.7. The lowest BCUT2D eigenvalue weighted by molar-refractivity contribution is -0.161. The fourth-order valence-electron chi connectivity index (χ4n) is 9.50. The van der Waals surface area contributed by atoms with E-state index in [1.807, 2.05) is 19.9 Å². The zero-order valence-electron chi connectivity index (χ0n) is 43.6. The summed E-state index contributed by atoms with van der Waals surface area (Å²) in [6.07, 6.45) is 4.14. The molecule has 3 fully saturated rings. The van der Waals surface area contributed by atoms with Gasteiger partial charge >= 0.3 is 12.1 Å². The summed E-state index contributed by atoms with van der Waals surface area (Å²) in [7, 11) is 4.51. The van der Waals surface area contributed by atoms with Crippen molar-refractivity contribution in [1.29, 1.82) is 0 Å². The first-order valence-electron chi connectivity index (χ1n) is 25.4. The highest BCUT2D eigenvalue weighted by molar-refractivity contribution is 6.35. The number of carbonyl (C=O) groups excluding carboxylic acids is 7. The third-order valence-corrected chi connectivity index (χ3v) is 14.4. The lowest BCUT2D eigenvalue weighted by Crippen LogP contribution is -2.63. The monoisotopic (exact) mass is 1070 g/mol. The third kappa shape index (κ3) is 16.0. The van der Waals surface area contributed by atoms with Crippen molar-refractivity contribution >= 4 is 58.9 Å². The molecule has 1 unspecified atom stereocenters. The minimum Gasteiger partial charge on any atom is -0.495 e. The van der Waals surface area contributed by atoms with Crippen LogP contribution in [0.25, 0.3) is 0 Å². The second-order valence-electron chi connectivity index (χ2n) is 19.3. The molecular weight excluding hydrogens is 1000 g/mol. The summed E-state index contributed by atoms with van der Waals surface area (Å²) in [6.45, 7) is 8.79. The smallest absolute Gasteiger partial charge is 0.409 e. The second-order valence-corrected chi connectivity index (χ2v) is 19.7. The van der Waals surface area contributed by atoms with Gasteiger partial charge in [0.25, 0.3) is 11.8 Å². The second kappa shape index (κ2) is 27.5. The lowest BCUT2D eigenvalue weighted by atomic mass is 9.83. The van der Waals surface area contributed by atoms with E-state index in [0.717, 1.165) is 16.0 Å². The number of hydrogen-bond acceptors (Lipinski definition) is 17. The van der Waals surface area contributed by atoms with Crippen molar-refractivity contribution in [2.45, 2.75) is 101 Å². The SMILES string of the molecule is COc1cc2cc(c1Cl)N(C)C(=O)C[C@H](OC(=O)C1CCN(C(=O)CCOCCOCCOCCOCCNC(=O)CCN3C(=O)C=CC3=O)CC1)[C@@]1(C)O[C@H]1[C@H](C)[C@@H]1C[C@@](O)(NC(=O)O1)C(OC)/C=C/C=C(\C)C2. The summed E-state index contributed by atoms with van der Waals surface area (Å²) in [5.41, 5.74) is -0.929. The van der Waals surface area contributed by atoms with Gasteiger partial charge in [0.05, 0.1) is 90.5 Å². The van der Waals surface area contributed by atoms with Crippen LogP contribution >= 0.6 is 11.6 Å². The number of anilines is 1. The van der Waals surface area contributed by atoms with Crippen LogP contribution in [0.2, 0.25) is 5.02 Å². The minimum absolute atomic E-state index is 0.0115. The molecule has 75 heavy (non-hydrogen) atoms. The Balaban J connectivity index is 0.933. The van der Waals surface area contributed by atoms with Crippen LogP contribution in [0.15, 0.2) is 48.1 Å². The molecule has 22 nitrogen and oxygen atoms in total. The molecule has 0 saturated carbocycles. The number of fused-ring (bicyclic) bond motifs is 5. The molecule has 3 saturated heterocycles. The summed E-state index contributed by atoms with van der Waals surface area (Å²) in [5, 5.41) is 17.3. The number of amides is 6. The molecule has 5 aliphatic heterocycles. The number of alkyl carbamates (subject to hydrolysis) is 1. The Morgan fingerprint density at radius 1 is 0.920 bits per heavy atom. The maximum atomic E-state index is 14.3. The van der Waals surface area contributed by atoms with Gasteiger partial charge in [-0.3, -0.25) is 39.0 Å². The molecule has 1 aromatic rings. The molecule has 7 atom stereocenters. The normalized spacial score (nSPS) is 27.5. The molecule has 23 heteroatoms. The Labute approximate surface area is 442 Å². The molecule has 4 bridgehead atoms. The fourth-order valence-corrected chi connectivity index (χ4v) is 9.81. The van der Waals surface area contributed by atoms with Crippen molar-refractivity contribution in [3.05, 3.63) is 58.7 Å². The van der Waals surface area contributed by atoms with E-state index >= 15 is 0 Å². The number of methoxy groups -OCH3 is 2. The Kier molecular flexibility index (Phi) is 21.6. The van der Waals surface area contributed by atoms with Crippen LogP contribution in [0.1, 0.15) is 64.9 Å². The largest absolute Gasteiger partial charge is 0.495 e. The van der Waals surface area contributed by atoms with Crippen LogP contribution < -0.4 is 20.3 Å². The summed E-state index contributed by atoms with van der Waals surface area (Å²) in [6, 6.07) is 3.60. The average Bonchev–Trinajstić information content (AvgIpc) is 3.98. The standard InChI is InChI=1S/C52H72ClN5O17/c1-33-8-7-9-40(68-6)52(66)32-39(73-50(65)55-52)34(2)48-51(3,75-48)41(31-46(63)56(4)37-29-35(28-33)30-38(67-5)47(37)53)74-49(64)36-12-17-57(18-13-36)43(60)15-20-69-22-24-71-26-27-72-25-23-70-21-16-54-42(59)14-19-58-44(61)10-11-45(58)62/h7-11,29-30,34,36,39-41,48,66H,12-28,31-32H2,1-6H3,(H,54,59)(H,55,65)/b9-7+,33-8+/t34-,39+,40?,41+,48+,51-,52+/m1/s1. The molecule has 0 radical (unpaired) electrons. The molecule has 0 spiro atoms. The zero-order chi connectivity index (χ0) is 54.3. The quantitative estimate of drug-likeness (QED) is 0.0653. The molecule has 3 N–H and O–H groups in total. The van der Waals surface area contributed by atoms with Crippen LogP contribution in [0.4, 0.5) is 10.5 Å². The van der Waals surface area contributed by atoms with Crippen molar-refractivity contribution in [3.8, 4) is 5.75 Å². The summed E-state index contributed by atoms with van der Waals surface area (Å²) in [5.74, 6) is -2.93. The van der Waals surface area contributed by atoms with E-state index in [2.05, 4.69) is 10.6 Å². The fraction of sp³-hybridized carbons (Fsp3) is 0.635. The van der Waals surface area contributed by atoms with Crippen molar-refractivity contribution in [2.24, 2.45) is 11.8 Å². The number of imide groups is 1. The maximum absolute atomic E-state index is 14.3. The molecule has 0 aromatic heterocycles. The number of nitrogens with zero attached hydrogens (tertiary/aromatic N) is 3. The van der Waals surface area contributed by atoms with Gasteiger partial charge in [0.1, 0.15) is 34.7 Å². The van der Waals surface area contributed by atoms with Crippen molar-refractivity contribution in [1.82, 2.24) is 20.4 Å². The number of hydrogen-bond donors (Lipinski definition) is 3. The van der Waals surface area contributed by atoms with E-state index in [-0.39, 0.29) is 75.4 Å². The van der Waals surface area contributed by atoms with Crippen LogP contribution in [-0.4, -0.2) is 193 Å². The molecular formula is C52H72ClN5O17. The average molecular weight is 1070 g/mol. The first kappa shape index (κ1) is 58.8. The van der Waals surface area contributed by atoms with Gasteiger partial charge in [-0.15, -0.1) is 0 Å². The number of halogens is 1. The minimum atomic E-state index is -1.84. The van der Waals surface area contributed by atoms with Crippen LogP contribution in [-0.2, 0) is 73.1 Å². The van der Waals surface area contributed by atoms with E-state index in [4.69, 9.17) is 54.2 Å². The van der Waals surface area contributed by atoms with Gasteiger partial charge in [0.15, 0.2) is 5.72 Å².